The van der Waals surface area contributed by atoms with Crippen molar-refractivity contribution in [3.63, 3.8) is 0 Å². The van der Waals surface area contributed by atoms with Crippen molar-refractivity contribution in [1.82, 2.24) is 0 Å². The van der Waals surface area contributed by atoms with Gasteiger partial charge in [-0.05, 0) is 42.0 Å². The first-order valence-corrected chi connectivity index (χ1v) is 8.89. The SMILES string of the molecule is COc1ccc(C(=O)Nc2cccc(Cl)c2)cc1COCc1ccccc1. The number of amides is 1. The zero-order valence-corrected chi connectivity index (χ0v) is 15.7. The molecule has 0 bridgehead atoms. The van der Waals surface area contributed by atoms with E-state index in [2.05, 4.69) is 5.32 Å². The minimum absolute atomic E-state index is 0.218. The normalized spacial score (nSPS) is 10.4. The fourth-order valence-electron chi connectivity index (χ4n) is 2.66. The Morgan fingerprint density at radius 1 is 0.963 bits per heavy atom. The van der Waals surface area contributed by atoms with Crippen LogP contribution in [0.15, 0.2) is 72.8 Å². The molecule has 0 heterocycles. The summed E-state index contributed by atoms with van der Waals surface area (Å²) in [6.45, 7) is 0.833. The van der Waals surface area contributed by atoms with E-state index in [9.17, 15) is 4.79 Å². The van der Waals surface area contributed by atoms with Crippen LogP contribution in [-0.4, -0.2) is 13.0 Å². The largest absolute Gasteiger partial charge is 0.496 e. The summed E-state index contributed by atoms with van der Waals surface area (Å²) in [5.41, 5.74) is 3.07. The molecule has 0 atom stereocenters. The minimum Gasteiger partial charge on any atom is -0.496 e. The molecule has 0 spiro atoms. The van der Waals surface area contributed by atoms with Gasteiger partial charge in [-0.25, -0.2) is 0 Å². The summed E-state index contributed by atoms with van der Waals surface area (Å²) >= 11 is 5.96. The van der Waals surface area contributed by atoms with E-state index in [1.807, 2.05) is 30.3 Å². The Morgan fingerprint density at radius 2 is 1.78 bits per heavy atom. The lowest BCUT2D eigenvalue weighted by Gasteiger charge is -2.12. The molecule has 3 rings (SSSR count). The van der Waals surface area contributed by atoms with Crippen LogP contribution < -0.4 is 10.1 Å². The first kappa shape index (κ1) is 19.0. The van der Waals surface area contributed by atoms with Crippen LogP contribution in [0.5, 0.6) is 5.75 Å². The molecule has 0 fully saturated rings. The van der Waals surface area contributed by atoms with Crippen LogP contribution in [0.2, 0.25) is 5.02 Å². The summed E-state index contributed by atoms with van der Waals surface area (Å²) < 4.78 is 11.2. The van der Waals surface area contributed by atoms with Crippen LogP contribution in [0.4, 0.5) is 5.69 Å². The Kier molecular flexibility index (Phi) is 6.47. The monoisotopic (exact) mass is 381 g/mol. The van der Waals surface area contributed by atoms with E-state index in [-0.39, 0.29) is 5.91 Å². The van der Waals surface area contributed by atoms with E-state index in [0.29, 0.717) is 35.2 Å². The number of hydrogen-bond donors (Lipinski definition) is 1. The smallest absolute Gasteiger partial charge is 0.255 e. The molecule has 1 N–H and O–H groups in total. The molecule has 4 nitrogen and oxygen atoms in total. The maximum Gasteiger partial charge on any atom is 0.255 e. The number of halogens is 1. The third-order valence-electron chi connectivity index (χ3n) is 3.99. The second-order valence-electron chi connectivity index (χ2n) is 5.97. The van der Waals surface area contributed by atoms with Gasteiger partial charge in [0.05, 0.1) is 20.3 Å². The molecule has 0 aliphatic carbocycles. The van der Waals surface area contributed by atoms with Gasteiger partial charge in [0.1, 0.15) is 5.75 Å². The molecule has 0 aromatic heterocycles. The van der Waals surface area contributed by atoms with Crippen LogP contribution >= 0.6 is 11.6 Å². The predicted octanol–water partition coefficient (Wildman–Crippen LogP) is 5.32. The Morgan fingerprint density at radius 3 is 2.52 bits per heavy atom. The highest BCUT2D eigenvalue weighted by atomic mass is 35.5. The fraction of sp³-hybridized carbons (Fsp3) is 0.136. The lowest BCUT2D eigenvalue weighted by molar-refractivity contribution is 0.102. The van der Waals surface area contributed by atoms with Crippen molar-refractivity contribution in [3.8, 4) is 5.75 Å². The van der Waals surface area contributed by atoms with Crippen LogP contribution in [0.1, 0.15) is 21.5 Å². The van der Waals surface area contributed by atoms with Gasteiger partial charge in [0, 0.05) is 21.8 Å². The zero-order chi connectivity index (χ0) is 19.1. The second kappa shape index (κ2) is 9.21. The Hall–Kier alpha value is -2.82. The third kappa shape index (κ3) is 5.33. The van der Waals surface area contributed by atoms with Crippen molar-refractivity contribution >= 4 is 23.2 Å². The van der Waals surface area contributed by atoms with Gasteiger partial charge in [0.25, 0.3) is 5.91 Å². The summed E-state index contributed by atoms with van der Waals surface area (Å²) in [5.74, 6) is 0.464. The maximum atomic E-state index is 12.5. The van der Waals surface area contributed by atoms with E-state index in [4.69, 9.17) is 21.1 Å². The highest BCUT2D eigenvalue weighted by Gasteiger charge is 2.11. The number of rotatable bonds is 7. The molecule has 1 amide bonds. The standard InChI is InChI=1S/C22H20ClNO3/c1-26-21-11-10-17(22(25)24-20-9-5-8-19(23)13-20)12-18(21)15-27-14-16-6-3-2-4-7-16/h2-13H,14-15H2,1H3,(H,24,25). The van der Waals surface area contributed by atoms with Crippen molar-refractivity contribution in [2.45, 2.75) is 13.2 Å². The van der Waals surface area contributed by atoms with Crippen LogP contribution in [0.25, 0.3) is 0 Å². The lowest BCUT2D eigenvalue weighted by Crippen LogP contribution is -2.12. The first-order valence-electron chi connectivity index (χ1n) is 8.51. The highest BCUT2D eigenvalue weighted by Crippen LogP contribution is 2.23. The van der Waals surface area contributed by atoms with Crippen molar-refractivity contribution < 1.29 is 14.3 Å². The third-order valence-corrected chi connectivity index (χ3v) is 4.23. The van der Waals surface area contributed by atoms with Gasteiger partial charge in [-0.3, -0.25) is 4.79 Å². The van der Waals surface area contributed by atoms with Crippen molar-refractivity contribution in [2.24, 2.45) is 0 Å². The van der Waals surface area contributed by atoms with Crippen LogP contribution in [0.3, 0.4) is 0 Å². The number of carbonyl (C=O) groups is 1. The average Bonchev–Trinajstić information content (AvgIpc) is 2.69. The van der Waals surface area contributed by atoms with Gasteiger partial charge in [-0.1, -0.05) is 48.0 Å². The number of nitrogens with one attached hydrogen (secondary N) is 1. The lowest BCUT2D eigenvalue weighted by atomic mass is 10.1. The van der Waals surface area contributed by atoms with Gasteiger partial charge in [0.15, 0.2) is 0 Å². The van der Waals surface area contributed by atoms with E-state index in [1.54, 1.807) is 49.6 Å². The molecule has 3 aromatic rings. The minimum atomic E-state index is -0.218. The molecule has 0 aliphatic rings. The predicted molar refractivity (Wildman–Crippen MR) is 107 cm³/mol. The van der Waals surface area contributed by atoms with Crippen molar-refractivity contribution in [1.29, 1.82) is 0 Å². The Labute approximate surface area is 163 Å². The number of ether oxygens (including phenoxy) is 2. The van der Waals surface area contributed by atoms with Gasteiger partial charge in [-0.15, -0.1) is 0 Å². The van der Waals surface area contributed by atoms with Gasteiger partial charge in [0.2, 0.25) is 0 Å². The molecule has 5 heteroatoms. The van der Waals surface area contributed by atoms with E-state index >= 15 is 0 Å². The van der Waals surface area contributed by atoms with Gasteiger partial charge < -0.3 is 14.8 Å². The molecule has 0 unspecified atom stereocenters. The highest BCUT2D eigenvalue weighted by molar-refractivity contribution is 6.30. The van der Waals surface area contributed by atoms with Crippen LogP contribution in [-0.2, 0) is 18.0 Å². The van der Waals surface area contributed by atoms with Crippen LogP contribution in [0, 0.1) is 0 Å². The molecule has 0 radical (unpaired) electrons. The average molecular weight is 382 g/mol. The summed E-state index contributed by atoms with van der Waals surface area (Å²) in [5, 5.41) is 3.41. The quantitative estimate of drug-likeness (QED) is 0.602. The summed E-state index contributed by atoms with van der Waals surface area (Å²) in [6, 6.07) is 22.2. The number of carbonyl (C=O) groups excluding carboxylic acids is 1. The fourth-order valence-corrected chi connectivity index (χ4v) is 2.85. The number of anilines is 1. The molecular formula is C22H20ClNO3. The maximum absolute atomic E-state index is 12.5. The molecular weight excluding hydrogens is 362 g/mol. The number of hydrogen-bond acceptors (Lipinski definition) is 3. The molecule has 0 saturated carbocycles. The molecule has 138 valence electrons. The van der Waals surface area contributed by atoms with Gasteiger partial charge in [-0.2, -0.15) is 0 Å². The van der Waals surface area contributed by atoms with Gasteiger partial charge >= 0.3 is 0 Å². The summed E-state index contributed by atoms with van der Waals surface area (Å²) in [6.07, 6.45) is 0. The number of methoxy groups -OCH3 is 1. The summed E-state index contributed by atoms with van der Waals surface area (Å²) in [4.78, 5) is 12.5. The molecule has 27 heavy (non-hydrogen) atoms. The van der Waals surface area contributed by atoms with E-state index in [0.717, 1.165) is 11.1 Å². The molecule has 0 saturated heterocycles. The van der Waals surface area contributed by atoms with E-state index in [1.165, 1.54) is 0 Å². The van der Waals surface area contributed by atoms with Crippen molar-refractivity contribution in [2.75, 3.05) is 12.4 Å². The Bertz CT molecular complexity index is 912. The Balaban J connectivity index is 1.69. The van der Waals surface area contributed by atoms with E-state index < -0.39 is 0 Å². The first-order chi connectivity index (χ1) is 13.2. The summed E-state index contributed by atoms with van der Waals surface area (Å²) in [7, 11) is 1.60. The molecule has 0 aliphatic heterocycles. The topological polar surface area (TPSA) is 47.6 Å². The van der Waals surface area contributed by atoms with Crippen molar-refractivity contribution in [3.05, 3.63) is 94.5 Å². The second-order valence-corrected chi connectivity index (χ2v) is 6.41. The molecule has 3 aromatic carbocycles. The zero-order valence-electron chi connectivity index (χ0n) is 14.9. The number of benzene rings is 3.